The van der Waals surface area contributed by atoms with Crippen molar-refractivity contribution < 1.29 is 0 Å². The Kier molecular flexibility index (Phi) is 1.66. The minimum absolute atomic E-state index is 0.458. The summed E-state index contributed by atoms with van der Waals surface area (Å²) in [5.74, 6) is 0.458. The first-order valence-corrected chi connectivity index (χ1v) is 2.91. The molecule has 0 aliphatic carbocycles. The molecule has 0 spiro atoms. The van der Waals surface area contributed by atoms with Crippen molar-refractivity contribution in [2.24, 2.45) is 16.0 Å². The van der Waals surface area contributed by atoms with Crippen molar-refractivity contribution in [2.75, 3.05) is 0 Å². The van der Waals surface area contributed by atoms with Crippen LogP contribution in [0.4, 0.5) is 0 Å². The van der Waals surface area contributed by atoms with Gasteiger partial charge in [-0.25, -0.2) is 0 Å². The van der Waals surface area contributed by atoms with E-state index in [1.165, 1.54) is 0 Å². The predicted molar refractivity (Wildman–Crippen MR) is 35.9 cm³/mol. The van der Waals surface area contributed by atoms with Crippen molar-refractivity contribution in [1.82, 2.24) is 5.43 Å². The second-order valence-electron chi connectivity index (χ2n) is 2.19. The van der Waals surface area contributed by atoms with Crippen molar-refractivity contribution >= 4 is 6.01 Å². The number of allylic oxidation sites excluding steroid dienone is 1. The van der Waals surface area contributed by atoms with Crippen molar-refractivity contribution in [3.05, 3.63) is 11.9 Å². The van der Waals surface area contributed by atoms with E-state index in [0.29, 0.717) is 5.92 Å². The summed E-state index contributed by atoms with van der Waals surface area (Å²) >= 11 is 0. The molecule has 1 aliphatic heterocycles. The second-order valence-corrected chi connectivity index (χ2v) is 2.19. The third-order valence-corrected chi connectivity index (χ3v) is 1.12. The molecule has 0 aromatic heterocycles. The highest BCUT2D eigenvalue weighted by atomic mass is 15.3. The molecule has 3 heteroatoms. The average Bonchev–Trinajstić information content (AvgIpc) is 1.90. The van der Waals surface area contributed by atoms with Gasteiger partial charge in [0.15, 0.2) is 0 Å². The summed E-state index contributed by atoms with van der Waals surface area (Å²) in [7, 11) is 0. The Morgan fingerprint density at radius 3 is 2.78 bits per heavy atom. The van der Waals surface area contributed by atoms with Gasteiger partial charge in [0.2, 0.25) is 0 Å². The number of hydrogen-bond acceptors (Lipinski definition) is 3. The molecule has 1 heterocycles. The van der Waals surface area contributed by atoms with Crippen LogP contribution in [0.15, 0.2) is 22.0 Å². The predicted octanol–water partition coefficient (Wildman–Crippen LogP) is 1.18. The van der Waals surface area contributed by atoms with E-state index in [9.17, 15) is 0 Å². The highest BCUT2D eigenvalue weighted by Crippen LogP contribution is 2.06. The Morgan fingerprint density at radius 1 is 1.67 bits per heavy atom. The zero-order valence-corrected chi connectivity index (χ0v) is 5.55. The number of rotatable bonds is 1. The highest BCUT2D eigenvalue weighted by molar-refractivity contribution is 5.44. The van der Waals surface area contributed by atoms with Crippen LogP contribution in [-0.4, -0.2) is 6.01 Å². The Morgan fingerprint density at radius 2 is 2.44 bits per heavy atom. The summed E-state index contributed by atoms with van der Waals surface area (Å²) < 4.78 is 0. The number of hydrazone groups is 1. The van der Waals surface area contributed by atoms with Gasteiger partial charge >= 0.3 is 0 Å². The molecule has 0 fully saturated rings. The van der Waals surface area contributed by atoms with Crippen molar-refractivity contribution in [3.8, 4) is 0 Å². The summed E-state index contributed by atoms with van der Waals surface area (Å²) in [6.07, 6.45) is 1.73. The van der Waals surface area contributed by atoms with E-state index in [4.69, 9.17) is 0 Å². The number of nitrogens with one attached hydrogen (secondary N) is 1. The number of hydrogen-bond donors (Lipinski definition) is 1. The summed E-state index contributed by atoms with van der Waals surface area (Å²) in [6, 6.07) is 2.43. The Labute approximate surface area is 54.2 Å². The molecule has 0 amide bonds. The second kappa shape index (κ2) is 2.46. The minimum atomic E-state index is 0.458. The minimum Gasteiger partial charge on any atom is -0.271 e. The molecule has 0 atom stereocenters. The first-order chi connectivity index (χ1) is 4.30. The average molecular weight is 123 g/mol. The van der Waals surface area contributed by atoms with Gasteiger partial charge in [-0.15, -0.1) is 5.10 Å². The summed E-state index contributed by atoms with van der Waals surface area (Å²) in [5.41, 5.74) is 3.84. The molecule has 3 nitrogen and oxygen atoms in total. The molecule has 1 N–H and O–H groups in total. The number of nitrogens with zero attached hydrogens (tertiary/aromatic N) is 2. The van der Waals surface area contributed by atoms with Gasteiger partial charge in [0.05, 0.1) is 11.9 Å². The maximum absolute atomic E-state index is 3.74. The maximum Gasteiger partial charge on any atom is 0.120 e. The van der Waals surface area contributed by atoms with E-state index in [1.54, 1.807) is 6.20 Å². The van der Waals surface area contributed by atoms with E-state index in [-0.39, 0.29) is 0 Å². The molecule has 0 aromatic rings. The molecule has 0 saturated carbocycles. The van der Waals surface area contributed by atoms with Gasteiger partial charge in [-0.3, -0.25) is 5.43 Å². The molecular formula is C6H9N3. The van der Waals surface area contributed by atoms with Crippen LogP contribution in [0.2, 0.25) is 0 Å². The molecule has 0 unspecified atom stereocenters. The molecule has 0 radical (unpaired) electrons. The van der Waals surface area contributed by atoms with E-state index in [0.717, 1.165) is 5.70 Å². The molecule has 9 heavy (non-hydrogen) atoms. The van der Waals surface area contributed by atoms with Gasteiger partial charge in [0.1, 0.15) is 6.01 Å². The van der Waals surface area contributed by atoms with Crippen LogP contribution >= 0.6 is 0 Å². The smallest absolute Gasteiger partial charge is 0.120 e. The fraction of sp³-hybridized carbons (Fsp3) is 0.500. The van der Waals surface area contributed by atoms with Crippen LogP contribution < -0.4 is 5.43 Å². The molecule has 1 rings (SSSR count). The van der Waals surface area contributed by atoms with Crippen LogP contribution in [0, 0.1) is 5.92 Å². The maximum atomic E-state index is 3.74. The van der Waals surface area contributed by atoms with Crippen molar-refractivity contribution in [3.63, 3.8) is 0 Å². The van der Waals surface area contributed by atoms with Crippen LogP contribution in [0.25, 0.3) is 0 Å². The van der Waals surface area contributed by atoms with E-state index in [2.05, 4.69) is 35.4 Å². The quantitative estimate of drug-likeness (QED) is 0.558. The Balaban J connectivity index is 2.66. The van der Waals surface area contributed by atoms with Gasteiger partial charge in [0.25, 0.3) is 0 Å². The Bertz CT molecular complexity index is 184. The fourth-order valence-electron chi connectivity index (χ4n) is 0.524. The van der Waals surface area contributed by atoms with Crippen LogP contribution in [0.3, 0.4) is 0 Å². The molecule has 0 saturated heterocycles. The molecule has 0 bridgehead atoms. The summed E-state index contributed by atoms with van der Waals surface area (Å²) in [4.78, 5) is 3.74. The van der Waals surface area contributed by atoms with E-state index >= 15 is 0 Å². The fourth-order valence-corrected chi connectivity index (χ4v) is 0.524. The number of aliphatic imine (C=N–C) groups is 1. The summed E-state index contributed by atoms with van der Waals surface area (Å²) in [5, 5.41) is 3.64. The zero-order chi connectivity index (χ0) is 6.69. The van der Waals surface area contributed by atoms with Gasteiger partial charge < -0.3 is 0 Å². The van der Waals surface area contributed by atoms with E-state index in [1.807, 2.05) is 0 Å². The van der Waals surface area contributed by atoms with Crippen molar-refractivity contribution in [2.45, 2.75) is 13.8 Å². The lowest BCUT2D eigenvalue weighted by Gasteiger charge is -2.08. The summed E-state index contributed by atoms with van der Waals surface area (Å²) in [6.45, 7) is 4.16. The Hall–Kier alpha value is -1.08. The van der Waals surface area contributed by atoms with Crippen molar-refractivity contribution in [1.29, 1.82) is 0 Å². The largest absolute Gasteiger partial charge is 0.271 e. The van der Waals surface area contributed by atoms with Gasteiger partial charge in [-0.05, 0) is 5.92 Å². The first-order valence-electron chi connectivity index (χ1n) is 2.91. The molecule has 48 valence electrons. The SMILES string of the molecule is CC(C)C1=CN=C=NN1. The van der Waals surface area contributed by atoms with Crippen LogP contribution in [-0.2, 0) is 0 Å². The molecule has 0 aromatic carbocycles. The van der Waals surface area contributed by atoms with Gasteiger partial charge in [0, 0.05) is 0 Å². The lowest BCUT2D eigenvalue weighted by Crippen LogP contribution is -2.11. The zero-order valence-electron chi connectivity index (χ0n) is 5.55. The lowest BCUT2D eigenvalue weighted by atomic mass is 10.1. The van der Waals surface area contributed by atoms with E-state index < -0.39 is 0 Å². The normalized spacial score (nSPS) is 15.7. The lowest BCUT2D eigenvalue weighted by molar-refractivity contribution is 0.667. The molecular weight excluding hydrogens is 114 g/mol. The third kappa shape index (κ3) is 1.40. The highest BCUT2D eigenvalue weighted by Gasteiger charge is 2.01. The topological polar surface area (TPSA) is 36.8 Å². The first kappa shape index (κ1) is 6.05. The monoisotopic (exact) mass is 123 g/mol. The van der Waals surface area contributed by atoms with Gasteiger partial charge in [-0.1, -0.05) is 13.8 Å². The standard InChI is InChI=1S/C6H9N3/c1-5(2)6-3-7-4-8-9-6/h3,5,9H,1-2H3. The molecule has 1 aliphatic rings. The third-order valence-electron chi connectivity index (χ3n) is 1.12. The van der Waals surface area contributed by atoms with Crippen LogP contribution in [0.1, 0.15) is 13.8 Å². The van der Waals surface area contributed by atoms with Gasteiger partial charge in [-0.2, -0.15) is 4.99 Å². The van der Waals surface area contributed by atoms with Crippen LogP contribution in [0.5, 0.6) is 0 Å².